The Morgan fingerprint density at radius 1 is 1.17 bits per heavy atom. The summed E-state index contributed by atoms with van der Waals surface area (Å²) in [6.07, 6.45) is 0.956. The Labute approximate surface area is 175 Å². The summed E-state index contributed by atoms with van der Waals surface area (Å²) in [5.41, 5.74) is 5.00. The zero-order valence-electron chi connectivity index (χ0n) is 16.3. The van der Waals surface area contributed by atoms with Crippen molar-refractivity contribution in [1.29, 1.82) is 5.26 Å². The third kappa shape index (κ3) is 3.89. The van der Waals surface area contributed by atoms with Gasteiger partial charge in [0.1, 0.15) is 0 Å². The van der Waals surface area contributed by atoms with Crippen molar-refractivity contribution in [2.75, 3.05) is 24.1 Å². The maximum atomic E-state index is 13.0. The average molecular weight is 406 g/mol. The minimum Gasteiger partial charge on any atom is -0.396 e. The largest absolute Gasteiger partial charge is 0.396 e. The average Bonchev–Trinajstić information content (AvgIpc) is 2.75. The molecule has 0 radical (unpaired) electrons. The molecule has 2 aliphatic heterocycles. The van der Waals surface area contributed by atoms with Crippen molar-refractivity contribution in [3.8, 4) is 6.07 Å². The van der Waals surface area contributed by atoms with Crippen LogP contribution in [0, 0.1) is 18.3 Å². The Morgan fingerprint density at radius 2 is 1.90 bits per heavy atom. The molecule has 1 saturated heterocycles. The number of aryl methyl sites for hydroxylation is 1. The first-order chi connectivity index (χ1) is 14.1. The summed E-state index contributed by atoms with van der Waals surface area (Å²) < 4.78 is 0. The Hall–Kier alpha value is -2.75. The molecule has 2 aromatic rings. The van der Waals surface area contributed by atoms with E-state index >= 15 is 0 Å². The zero-order chi connectivity index (χ0) is 20.4. The molecule has 1 atom stereocenters. The van der Waals surface area contributed by atoms with Gasteiger partial charge >= 0.3 is 0 Å². The minimum absolute atomic E-state index is 0.0543. The van der Waals surface area contributed by atoms with Crippen molar-refractivity contribution in [3.63, 3.8) is 0 Å². The van der Waals surface area contributed by atoms with Crippen molar-refractivity contribution in [2.24, 2.45) is 0 Å². The van der Waals surface area contributed by atoms with Gasteiger partial charge in [0.05, 0.1) is 29.2 Å². The van der Waals surface area contributed by atoms with Crippen molar-refractivity contribution in [3.05, 3.63) is 75.8 Å². The van der Waals surface area contributed by atoms with Gasteiger partial charge in [0.2, 0.25) is 5.91 Å². The number of hydrogen-bond acceptors (Lipinski definition) is 5. The Kier molecular flexibility index (Phi) is 5.61. The molecule has 1 N–H and O–H groups in total. The van der Waals surface area contributed by atoms with Gasteiger partial charge in [-0.1, -0.05) is 53.7 Å². The highest BCUT2D eigenvalue weighted by Crippen LogP contribution is 2.43. The maximum absolute atomic E-state index is 13.0. The van der Waals surface area contributed by atoms with Crippen LogP contribution in [0.5, 0.6) is 0 Å². The SMILES string of the molecule is Cc1ccc([C@@H]2CC(=O)N3CN(c4ccc(CCO)cc4)CSC3=C2C#N)cc1. The molecule has 4 rings (SSSR count). The zero-order valence-corrected chi connectivity index (χ0v) is 17.2. The lowest BCUT2D eigenvalue weighted by atomic mass is 9.86. The van der Waals surface area contributed by atoms with Crippen LogP contribution in [0.15, 0.2) is 59.1 Å². The maximum Gasteiger partial charge on any atom is 0.229 e. The number of amides is 1. The van der Waals surface area contributed by atoms with Gasteiger partial charge in [-0.3, -0.25) is 9.69 Å². The molecule has 0 spiro atoms. The lowest BCUT2D eigenvalue weighted by Crippen LogP contribution is -2.47. The molecule has 0 aliphatic carbocycles. The number of anilines is 1. The number of nitrogens with zero attached hydrogens (tertiary/aromatic N) is 3. The van der Waals surface area contributed by atoms with E-state index in [1.165, 1.54) is 0 Å². The molecule has 0 unspecified atom stereocenters. The van der Waals surface area contributed by atoms with E-state index < -0.39 is 0 Å². The third-order valence-corrected chi connectivity index (χ3v) is 6.63. The summed E-state index contributed by atoms with van der Waals surface area (Å²) in [6, 6.07) is 18.6. The molecule has 29 heavy (non-hydrogen) atoms. The Bertz CT molecular complexity index is 977. The molecular formula is C23H23N3O2S. The van der Waals surface area contributed by atoms with E-state index in [2.05, 4.69) is 11.0 Å². The summed E-state index contributed by atoms with van der Waals surface area (Å²) in [6.45, 7) is 2.61. The van der Waals surface area contributed by atoms with Crippen molar-refractivity contribution in [2.45, 2.75) is 25.7 Å². The normalized spacial score (nSPS) is 19.2. The van der Waals surface area contributed by atoms with E-state index in [1.54, 1.807) is 16.7 Å². The van der Waals surface area contributed by atoms with Gasteiger partial charge in [-0.15, -0.1) is 0 Å². The number of aliphatic hydroxyl groups excluding tert-OH is 1. The molecule has 2 aliphatic rings. The molecule has 0 aromatic heterocycles. The van der Waals surface area contributed by atoms with Gasteiger partial charge in [-0.2, -0.15) is 5.26 Å². The van der Waals surface area contributed by atoms with E-state index in [4.69, 9.17) is 5.11 Å². The van der Waals surface area contributed by atoms with Gasteiger partial charge in [-0.25, -0.2) is 0 Å². The van der Waals surface area contributed by atoms with Crippen molar-refractivity contribution in [1.82, 2.24) is 4.90 Å². The van der Waals surface area contributed by atoms with Gasteiger partial charge < -0.3 is 10.0 Å². The summed E-state index contributed by atoms with van der Waals surface area (Å²) >= 11 is 1.55. The number of fused-ring (bicyclic) bond motifs is 1. The minimum atomic E-state index is -0.170. The van der Waals surface area contributed by atoms with E-state index in [0.29, 0.717) is 31.0 Å². The van der Waals surface area contributed by atoms with E-state index in [9.17, 15) is 10.1 Å². The lowest BCUT2D eigenvalue weighted by molar-refractivity contribution is -0.129. The van der Waals surface area contributed by atoms with Crippen LogP contribution in [-0.4, -0.2) is 35.1 Å². The monoisotopic (exact) mass is 405 g/mol. The molecule has 6 heteroatoms. The number of hydrogen-bond donors (Lipinski definition) is 1. The number of allylic oxidation sites excluding steroid dienone is 1. The third-order valence-electron chi connectivity index (χ3n) is 5.48. The molecule has 148 valence electrons. The van der Waals surface area contributed by atoms with Crippen LogP contribution in [0.25, 0.3) is 0 Å². The molecule has 5 nitrogen and oxygen atoms in total. The molecular weight excluding hydrogens is 382 g/mol. The number of rotatable bonds is 4. The Morgan fingerprint density at radius 3 is 2.55 bits per heavy atom. The number of benzene rings is 2. The predicted octanol–water partition coefficient (Wildman–Crippen LogP) is 3.75. The van der Waals surface area contributed by atoms with E-state index in [1.807, 2.05) is 55.5 Å². The summed E-state index contributed by atoms with van der Waals surface area (Å²) in [5, 5.41) is 19.7. The number of carbonyl (C=O) groups excluding carboxylic acids is 1. The van der Waals surface area contributed by atoms with Crippen LogP contribution < -0.4 is 4.90 Å². The van der Waals surface area contributed by atoms with Gasteiger partial charge in [0.25, 0.3) is 0 Å². The molecule has 0 bridgehead atoms. The van der Waals surface area contributed by atoms with Crippen LogP contribution in [0.4, 0.5) is 5.69 Å². The highest BCUT2D eigenvalue weighted by Gasteiger charge is 2.38. The first kappa shape index (κ1) is 19.6. The first-order valence-electron chi connectivity index (χ1n) is 9.69. The number of carbonyl (C=O) groups is 1. The summed E-state index contributed by atoms with van der Waals surface area (Å²) in [7, 11) is 0. The topological polar surface area (TPSA) is 67.6 Å². The van der Waals surface area contributed by atoms with Gasteiger partial charge in [0.15, 0.2) is 0 Å². The predicted molar refractivity (Wildman–Crippen MR) is 115 cm³/mol. The van der Waals surface area contributed by atoms with Crippen LogP contribution in [0.2, 0.25) is 0 Å². The molecule has 0 saturated carbocycles. The smallest absolute Gasteiger partial charge is 0.229 e. The number of aliphatic hydroxyl groups is 1. The van der Waals surface area contributed by atoms with Crippen LogP contribution in [0.3, 0.4) is 0 Å². The number of thioether (sulfide) groups is 1. The highest BCUT2D eigenvalue weighted by molar-refractivity contribution is 8.03. The first-order valence-corrected chi connectivity index (χ1v) is 10.7. The summed E-state index contributed by atoms with van der Waals surface area (Å²) in [5.74, 6) is 0.569. The van der Waals surface area contributed by atoms with E-state index in [0.717, 1.165) is 27.4 Å². The molecule has 1 fully saturated rings. The molecule has 2 aromatic carbocycles. The lowest BCUT2D eigenvalue weighted by Gasteiger charge is -2.42. The Balaban J connectivity index is 1.59. The van der Waals surface area contributed by atoms with E-state index in [-0.39, 0.29) is 18.4 Å². The van der Waals surface area contributed by atoms with Gasteiger partial charge in [0, 0.05) is 24.6 Å². The fourth-order valence-corrected chi connectivity index (χ4v) is 4.98. The summed E-state index contributed by atoms with van der Waals surface area (Å²) in [4.78, 5) is 16.9. The fraction of sp³-hybridized carbons (Fsp3) is 0.304. The second-order valence-electron chi connectivity index (χ2n) is 7.41. The van der Waals surface area contributed by atoms with Crippen LogP contribution in [-0.2, 0) is 11.2 Å². The van der Waals surface area contributed by atoms with Crippen LogP contribution >= 0.6 is 11.8 Å². The van der Waals surface area contributed by atoms with Crippen molar-refractivity contribution < 1.29 is 9.90 Å². The molecule has 2 heterocycles. The van der Waals surface area contributed by atoms with Crippen LogP contribution in [0.1, 0.15) is 29.0 Å². The highest BCUT2D eigenvalue weighted by atomic mass is 32.2. The van der Waals surface area contributed by atoms with Crippen molar-refractivity contribution >= 4 is 23.4 Å². The second kappa shape index (κ2) is 8.32. The number of nitriles is 1. The molecule has 1 amide bonds. The van der Waals surface area contributed by atoms with Gasteiger partial charge in [-0.05, 0) is 36.6 Å². The second-order valence-corrected chi connectivity index (χ2v) is 8.35. The standard InChI is InChI=1S/C23H23N3O2S/c1-16-2-6-18(7-3-16)20-12-22(28)26-14-25(15-29-23(26)21(20)13-24)19-8-4-17(5-9-19)10-11-27/h2-9,20,27H,10-12,14-15H2,1H3/t20-/m0/s1. The fourth-order valence-electron chi connectivity index (χ4n) is 3.81. The quantitative estimate of drug-likeness (QED) is 0.839.